The van der Waals surface area contributed by atoms with Crippen LogP contribution in [0.1, 0.15) is 0 Å². The van der Waals surface area contributed by atoms with Crippen LogP contribution < -0.4 is 4.90 Å². The molecule has 694 valence electrons. The lowest BCUT2D eigenvalue weighted by Crippen LogP contribution is -2.09. The third-order valence-corrected chi connectivity index (χ3v) is 31.3. The molecule has 9 nitrogen and oxygen atoms in total. The average molecular weight is 1910 g/mol. The van der Waals surface area contributed by atoms with Gasteiger partial charge < -0.3 is 14.0 Å². The first-order valence-electron chi connectivity index (χ1n) is 51.3. The van der Waals surface area contributed by atoms with Crippen molar-refractivity contribution in [3.63, 3.8) is 0 Å². The number of para-hydroxylation sites is 4. The van der Waals surface area contributed by atoms with Crippen LogP contribution in [0.5, 0.6) is 0 Å². The highest BCUT2D eigenvalue weighted by Crippen LogP contribution is 2.57. The lowest BCUT2D eigenvalue weighted by atomic mass is 9.92. The van der Waals surface area contributed by atoms with Crippen LogP contribution >= 0.6 is 0 Å². The van der Waals surface area contributed by atoms with E-state index >= 15 is 0 Å². The average Bonchev–Trinajstić information content (AvgIpc) is 1.23. The van der Waals surface area contributed by atoms with Crippen LogP contribution in [0.2, 0.25) is 0 Å². The summed E-state index contributed by atoms with van der Waals surface area (Å²) in [6.45, 7) is 0. The molecule has 3 aliphatic rings. The summed E-state index contributed by atoms with van der Waals surface area (Å²) < 4.78 is 7.36. The Labute approximate surface area is 862 Å². The first kappa shape index (κ1) is 84.4. The first-order chi connectivity index (χ1) is 74.4. The molecule has 0 unspecified atom stereocenters. The van der Waals surface area contributed by atoms with E-state index in [1.165, 1.54) is 208 Å². The van der Waals surface area contributed by atoms with Crippen molar-refractivity contribution >= 4 is 169 Å². The quantitative estimate of drug-likeness (QED) is 0.128. The number of fused-ring (bicyclic) bond motifs is 17. The lowest BCUT2D eigenvalue weighted by molar-refractivity contribution is 1.07. The molecule has 0 amide bonds. The maximum atomic E-state index is 5.40. The fourth-order valence-electron chi connectivity index (χ4n) is 24.7. The van der Waals surface area contributed by atoms with Gasteiger partial charge in [0.15, 0.2) is 23.3 Å². The van der Waals surface area contributed by atoms with Crippen LogP contribution in [-0.2, 0) is 0 Å². The summed E-state index contributed by atoms with van der Waals surface area (Å²) in [6, 6.07) is 186. The van der Waals surface area contributed by atoms with E-state index in [1.807, 2.05) is 36.4 Å². The van der Waals surface area contributed by atoms with Gasteiger partial charge >= 0.3 is 0 Å². The fourth-order valence-corrected chi connectivity index (χ4v) is 24.7. The number of anilines is 3. The van der Waals surface area contributed by atoms with Gasteiger partial charge in [-0.2, -0.15) is 0 Å². The molecule has 0 spiro atoms. The monoisotopic (exact) mass is 1900 g/mol. The zero-order valence-electron chi connectivity index (χ0n) is 81.1. The standard InChI is InChI=1S/C51H30N4.C50H32N2.C40H23N3/c1-2-12-33(13-3-1)49-52-50(54-51(53-49)37-22-21-31-11-4-5-14-35(31)29-37)34-23-26-38(27-24-34)55-44-28-25-32-16-10-20-42-40-18-8-9-19-41(40)43-30-36-15-6-7-17-39(36)48(55)46(43)47(44)45(32)42;1-3-14-37(15-4-1)51(38-16-5-2-6-17-38)39-27-22-33(23-28-39)34-24-29-40(30-25-34)52-46-31-26-35-13-11-21-44-42-19-9-10-20-43(42)45-32-36-12-7-8-18-41(36)50(52)48(45)49(46)47(35)44;1-2-11-25(12-3-1)38-40(42-33-20-9-8-19-32(33)41-38)43-34-22-21-24-14-10-18-30-28-16-6-7-17-29(28)31-23-26-13-4-5-15-27(26)39(43)36(31)37(34)35(24)30/h1-30H;1-32H;1-23H. The molecule has 0 N–H and O–H groups in total. The van der Waals surface area contributed by atoms with Crippen LogP contribution in [0.15, 0.2) is 516 Å². The van der Waals surface area contributed by atoms with E-state index in [1.54, 1.807) is 0 Å². The van der Waals surface area contributed by atoms with Gasteiger partial charge in [0, 0.05) is 99.2 Å². The summed E-state index contributed by atoms with van der Waals surface area (Å²) in [4.78, 5) is 28.1. The van der Waals surface area contributed by atoms with Crippen LogP contribution in [0, 0.1) is 0 Å². The Bertz CT molecular complexity index is 10900. The van der Waals surface area contributed by atoms with Gasteiger partial charge in [-0.3, -0.25) is 4.57 Å². The van der Waals surface area contributed by atoms with Gasteiger partial charge in [-0.15, -0.1) is 0 Å². The van der Waals surface area contributed by atoms with Crippen LogP contribution in [-0.4, -0.2) is 38.6 Å². The zero-order chi connectivity index (χ0) is 98.3. The van der Waals surface area contributed by atoms with E-state index in [9.17, 15) is 0 Å². The highest BCUT2D eigenvalue weighted by molar-refractivity contribution is 6.38. The van der Waals surface area contributed by atoms with Gasteiger partial charge in [-0.25, -0.2) is 24.9 Å². The van der Waals surface area contributed by atoms with E-state index in [0.29, 0.717) is 17.5 Å². The Kier molecular flexibility index (Phi) is 19.0. The molecular weight excluding hydrogens is 1820 g/mol. The molecule has 33 rings (SSSR count). The molecule has 25 aromatic carbocycles. The predicted octanol–water partition coefficient (Wildman–Crippen LogP) is 37.3. The van der Waals surface area contributed by atoms with E-state index in [-0.39, 0.29) is 0 Å². The maximum Gasteiger partial charge on any atom is 0.165 e. The minimum atomic E-state index is 0.639. The largest absolute Gasteiger partial charge is 0.311 e. The smallest absolute Gasteiger partial charge is 0.165 e. The Morgan fingerprint density at radius 1 is 0.160 bits per heavy atom. The van der Waals surface area contributed by atoms with Gasteiger partial charge in [-0.05, 0) is 265 Å². The van der Waals surface area contributed by atoms with Crippen molar-refractivity contribution in [2.24, 2.45) is 0 Å². The number of nitrogens with zero attached hydrogens (tertiary/aromatic N) is 9. The van der Waals surface area contributed by atoms with Gasteiger partial charge in [0.2, 0.25) is 0 Å². The molecule has 5 heterocycles. The Balaban J connectivity index is 0.000000102. The number of aromatic nitrogens is 8. The molecule has 150 heavy (non-hydrogen) atoms. The van der Waals surface area contributed by atoms with Gasteiger partial charge in [0.1, 0.15) is 5.69 Å². The van der Waals surface area contributed by atoms with Crippen LogP contribution in [0.3, 0.4) is 0 Å². The van der Waals surface area contributed by atoms with Crippen LogP contribution in [0.25, 0.3) is 292 Å². The summed E-state index contributed by atoms with van der Waals surface area (Å²) >= 11 is 0. The molecule has 0 saturated carbocycles. The lowest BCUT2D eigenvalue weighted by Gasteiger charge is -2.25. The van der Waals surface area contributed by atoms with Crippen molar-refractivity contribution in [3.8, 4) is 141 Å². The normalized spacial score (nSPS) is 12.0. The van der Waals surface area contributed by atoms with Crippen molar-refractivity contribution in [2.45, 2.75) is 0 Å². The fraction of sp³-hybridized carbons (Fsp3) is 0. The van der Waals surface area contributed by atoms with E-state index < -0.39 is 0 Å². The summed E-state index contributed by atoms with van der Waals surface area (Å²) in [5.74, 6) is 2.78. The summed E-state index contributed by atoms with van der Waals surface area (Å²) in [7, 11) is 0. The molecule has 0 fully saturated rings. The summed E-state index contributed by atoms with van der Waals surface area (Å²) in [6.07, 6.45) is 0. The van der Waals surface area contributed by atoms with Crippen molar-refractivity contribution in [1.82, 2.24) is 38.6 Å². The van der Waals surface area contributed by atoms with Gasteiger partial charge in [0.05, 0.1) is 44.1 Å². The van der Waals surface area contributed by atoms with Crippen molar-refractivity contribution < 1.29 is 0 Å². The van der Waals surface area contributed by atoms with Crippen molar-refractivity contribution in [1.29, 1.82) is 0 Å². The third kappa shape index (κ3) is 13.1. The molecule has 30 aromatic rings. The van der Waals surface area contributed by atoms with Gasteiger partial charge in [0.25, 0.3) is 0 Å². The van der Waals surface area contributed by atoms with E-state index in [2.05, 4.69) is 498 Å². The molecule has 9 heteroatoms. The second-order valence-electron chi connectivity index (χ2n) is 39.5. The molecule has 0 saturated heterocycles. The van der Waals surface area contributed by atoms with E-state index in [4.69, 9.17) is 24.9 Å². The van der Waals surface area contributed by atoms with Gasteiger partial charge in [-0.1, -0.05) is 388 Å². The first-order valence-corrected chi connectivity index (χ1v) is 51.3. The number of hydrogen-bond acceptors (Lipinski definition) is 6. The molecule has 0 atom stereocenters. The minimum absolute atomic E-state index is 0.639. The number of benzene rings is 25. The molecule has 0 radical (unpaired) electrons. The Morgan fingerprint density at radius 3 is 0.900 bits per heavy atom. The summed E-state index contributed by atoms with van der Waals surface area (Å²) in [5.41, 5.74) is 37.1. The Morgan fingerprint density at radius 2 is 0.460 bits per heavy atom. The molecule has 0 aliphatic heterocycles. The maximum absolute atomic E-state index is 5.40. The minimum Gasteiger partial charge on any atom is -0.311 e. The molecule has 0 bridgehead atoms. The second-order valence-corrected chi connectivity index (χ2v) is 39.5. The molecular formula is C141H85N9. The van der Waals surface area contributed by atoms with Crippen molar-refractivity contribution in [3.05, 3.63) is 516 Å². The van der Waals surface area contributed by atoms with E-state index in [0.717, 1.165) is 84.1 Å². The molecule has 3 aliphatic carbocycles. The zero-order valence-corrected chi connectivity index (χ0v) is 81.1. The molecule has 5 aromatic heterocycles. The second kappa shape index (κ2) is 33.7. The SMILES string of the molecule is c1ccc(-c2nc(-c3ccc(-n4c5ccc6cccc7c6c5c5c(cc6ccccc6c54)-c4ccccc4-7)cc3)nc(-c3ccc4ccccc4c3)n2)cc1.c1ccc(-c2nc3ccccc3nc2-n2c3ccc4cccc5c4c3c3c(cc4ccccc4c32)-c2ccccc2-5)cc1.c1ccc(N(c2ccccc2)c2ccc(-c3ccc(-n4c5ccc6cccc7c6c5c5c(cc6ccccc6c54)-c4ccccc4-7)cc3)cc2)cc1. The topological polar surface area (TPSA) is 82.5 Å². The highest BCUT2D eigenvalue weighted by Gasteiger charge is 2.33. The van der Waals surface area contributed by atoms with Crippen molar-refractivity contribution in [2.75, 3.05) is 4.90 Å². The predicted molar refractivity (Wildman–Crippen MR) is 627 cm³/mol. The number of rotatable bonds is 11. The third-order valence-electron chi connectivity index (χ3n) is 31.3. The Hall–Kier alpha value is -20.1. The number of hydrogen-bond donors (Lipinski definition) is 0. The summed E-state index contributed by atoms with van der Waals surface area (Å²) in [5, 5.41) is 25.2. The highest BCUT2D eigenvalue weighted by atomic mass is 15.1. The van der Waals surface area contributed by atoms with Crippen LogP contribution in [0.4, 0.5) is 17.1 Å².